The van der Waals surface area contributed by atoms with Crippen molar-refractivity contribution in [1.82, 2.24) is 9.97 Å². The van der Waals surface area contributed by atoms with Crippen LogP contribution in [-0.4, -0.2) is 15.8 Å². The molecule has 0 amide bonds. The van der Waals surface area contributed by atoms with Gasteiger partial charge in [-0.2, -0.15) is 0 Å². The summed E-state index contributed by atoms with van der Waals surface area (Å²) in [6, 6.07) is 23.4. The molecule has 0 unspecified atom stereocenters. The van der Waals surface area contributed by atoms with Crippen LogP contribution in [0.4, 0.5) is 11.5 Å². The average Bonchev–Trinajstić information content (AvgIpc) is 2.73. The van der Waals surface area contributed by atoms with Crippen molar-refractivity contribution in [3.8, 4) is 0 Å². The van der Waals surface area contributed by atoms with E-state index in [1.54, 1.807) is 6.33 Å². The number of carbonyl (C=O) groups is 1. The summed E-state index contributed by atoms with van der Waals surface area (Å²) in [5.74, 6) is 0.887. The van der Waals surface area contributed by atoms with Gasteiger partial charge in [0.1, 0.15) is 12.1 Å². The fourth-order valence-corrected chi connectivity index (χ4v) is 3.52. The summed E-state index contributed by atoms with van der Waals surface area (Å²) in [7, 11) is 0. The Bertz CT molecular complexity index is 1120. The Balaban J connectivity index is 1.44. The van der Waals surface area contributed by atoms with E-state index in [2.05, 4.69) is 31.2 Å². The van der Waals surface area contributed by atoms with Gasteiger partial charge in [0.05, 0.1) is 5.52 Å². The summed E-state index contributed by atoms with van der Waals surface area (Å²) in [6.45, 7) is 0. The van der Waals surface area contributed by atoms with E-state index in [1.165, 1.54) is 0 Å². The molecule has 0 aliphatic carbocycles. The highest BCUT2D eigenvalue weighted by Crippen LogP contribution is 2.23. The topological polar surface area (TPSA) is 54.9 Å². The summed E-state index contributed by atoms with van der Waals surface area (Å²) in [5, 5.41) is 4.27. The van der Waals surface area contributed by atoms with E-state index in [-0.39, 0.29) is 5.78 Å². The molecule has 0 fully saturated rings. The molecular weight excluding hydrogens is 414 g/mol. The van der Waals surface area contributed by atoms with Crippen molar-refractivity contribution in [3.05, 3.63) is 94.7 Å². The number of rotatable bonds is 6. The maximum absolute atomic E-state index is 12.5. The number of hydrogen-bond acceptors (Lipinski definition) is 4. The van der Waals surface area contributed by atoms with Crippen molar-refractivity contribution in [2.75, 3.05) is 5.32 Å². The predicted molar refractivity (Wildman–Crippen MR) is 116 cm³/mol. The second-order valence-electron chi connectivity index (χ2n) is 6.49. The van der Waals surface area contributed by atoms with Gasteiger partial charge in [-0.15, -0.1) is 0 Å². The maximum Gasteiger partial charge on any atom is 0.163 e. The van der Waals surface area contributed by atoms with Crippen LogP contribution in [0.15, 0.2) is 83.6 Å². The third kappa shape index (κ3) is 4.26. The van der Waals surface area contributed by atoms with Crippen LogP contribution < -0.4 is 5.32 Å². The number of aryl methyl sites for hydroxylation is 1. The van der Waals surface area contributed by atoms with Gasteiger partial charge in [-0.3, -0.25) is 4.79 Å². The molecule has 1 N–H and O–H groups in total. The fourth-order valence-electron chi connectivity index (χ4n) is 3.08. The molecule has 4 rings (SSSR count). The Morgan fingerprint density at radius 1 is 0.929 bits per heavy atom. The van der Waals surface area contributed by atoms with Crippen LogP contribution >= 0.6 is 15.9 Å². The molecule has 0 saturated heterocycles. The second-order valence-corrected chi connectivity index (χ2v) is 7.41. The molecule has 1 heterocycles. The first-order chi connectivity index (χ1) is 13.7. The molecule has 138 valence electrons. The summed E-state index contributed by atoms with van der Waals surface area (Å²) < 4.78 is 1.03. The molecule has 4 nitrogen and oxygen atoms in total. The van der Waals surface area contributed by atoms with Crippen LogP contribution in [0.2, 0.25) is 0 Å². The van der Waals surface area contributed by atoms with E-state index >= 15 is 0 Å². The van der Waals surface area contributed by atoms with Gasteiger partial charge in [0, 0.05) is 27.5 Å². The zero-order valence-electron chi connectivity index (χ0n) is 15.1. The Kier molecular flexibility index (Phi) is 5.44. The Morgan fingerprint density at radius 2 is 1.75 bits per heavy atom. The number of fused-ring (bicyclic) bond motifs is 1. The minimum Gasteiger partial charge on any atom is -0.340 e. The number of Topliss-reactive ketones (excluding diaryl/α,β-unsaturated/α-hetero) is 1. The maximum atomic E-state index is 12.5. The van der Waals surface area contributed by atoms with Crippen LogP contribution in [0.25, 0.3) is 10.9 Å². The highest BCUT2D eigenvalue weighted by Gasteiger charge is 2.08. The molecular formula is C23H18BrN3O. The van der Waals surface area contributed by atoms with Crippen molar-refractivity contribution >= 4 is 44.1 Å². The van der Waals surface area contributed by atoms with Crippen molar-refractivity contribution in [3.63, 3.8) is 0 Å². The first-order valence-electron chi connectivity index (χ1n) is 9.03. The van der Waals surface area contributed by atoms with Crippen molar-refractivity contribution in [2.45, 2.75) is 12.8 Å². The Hall–Kier alpha value is -3.05. The fraction of sp³-hybridized carbons (Fsp3) is 0.0870. The van der Waals surface area contributed by atoms with E-state index in [0.717, 1.165) is 38.9 Å². The molecule has 3 aromatic carbocycles. The number of para-hydroxylation sites is 1. The second kappa shape index (κ2) is 8.31. The van der Waals surface area contributed by atoms with Crippen LogP contribution in [0.1, 0.15) is 22.3 Å². The van der Waals surface area contributed by atoms with E-state index < -0.39 is 0 Å². The highest BCUT2D eigenvalue weighted by atomic mass is 79.9. The van der Waals surface area contributed by atoms with E-state index in [4.69, 9.17) is 0 Å². The summed E-state index contributed by atoms with van der Waals surface area (Å²) in [4.78, 5) is 21.1. The first-order valence-corrected chi connectivity index (χ1v) is 9.83. The minimum atomic E-state index is 0.138. The number of nitrogens with zero attached hydrogens (tertiary/aromatic N) is 2. The van der Waals surface area contributed by atoms with Crippen LogP contribution in [0.5, 0.6) is 0 Å². The third-order valence-electron chi connectivity index (χ3n) is 4.54. The number of anilines is 2. The van der Waals surface area contributed by atoms with Gasteiger partial charge in [-0.25, -0.2) is 9.97 Å². The number of aromatic nitrogens is 2. The standard InChI is InChI=1S/C23H18BrN3O/c24-18-5-3-4-16(14-18)8-13-22(28)17-9-11-19(12-10-17)27-23-20-6-1-2-7-21(20)25-15-26-23/h1-7,9-12,14-15H,8,13H2,(H,25,26,27). The molecule has 28 heavy (non-hydrogen) atoms. The van der Waals surface area contributed by atoms with Gasteiger partial charge < -0.3 is 5.32 Å². The highest BCUT2D eigenvalue weighted by molar-refractivity contribution is 9.10. The number of halogens is 1. The molecule has 1 aromatic heterocycles. The zero-order valence-corrected chi connectivity index (χ0v) is 16.7. The predicted octanol–water partition coefficient (Wildman–Crippen LogP) is 5.95. The quantitative estimate of drug-likeness (QED) is 0.383. The largest absolute Gasteiger partial charge is 0.340 e. The van der Waals surface area contributed by atoms with E-state index in [1.807, 2.05) is 72.8 Å². The minimum absolute atomic E-state index is 0.138. The number of ketones is 1. The molecule has 0 aliphatic rings. The Morgan fingerprint density at radius 3 is 2.57 bits per heavy atom. The summed E-state index contributed by atoms with van der Waals surface area (Å²) in [6.07, 6.45) is 2.76. The van der Waals surface area contributed by atoms with Gasteiger partial charge in [-0.05, 0) is 60.5 Å². The van der Waals surface area contributed by atoms with Crippen LogP contribution in [-0.2, 0) is 6.42 Å². The molecule has 0 radical (unpaired) electrons. The third-order valence-corrected chi connectivity index (χ3v) is 5.04. The van der Waals surface area contributed by atoms with E-state index in [9.17, 15) is 4.79 Å². The monoisotopic (exact) mass is 431 g/mol. The SMILES string of the molecule is O=C(CCc1cccc(Br)c1)c1ccc(Nc2ncnc3ccccc23)cc1. The van der Waals surface area contributed by atoms with Crippen molar-refractivity contribution < 1.29 is 4.79 Å². The molecule has 0 aliphatic heterocycles. The molecule has 5 heteroatoms. The van der Waals surface area contributed by atoms with Gasteiger partial charge in [0.2, 0.25) is 0 Å². The number of hydrogen-bond donors (Lipinski definition) is 1. The molecule has 0 atom stereocenters. The Labute approximate surface area is 171 Å². The zero-order chi connectivity index (χ0) is 19.3. The van der Waals surface area contributed by atoms with Gasteiger partial charge >= 0.3 is 0 Å². The lowest BCUT2D eigenvalue weighted by Gasteiger charge is -2.09. The number of carbonyl (C=O) groups excluding carboxylic acids is 1. The molecule has 0 bridgehead atoms. The number of benzene rings is 3. The molecule has 0 spiro atoms. The van der Waals surface area contributed by atoms with E-state index in [0.29, 0.717) is 12.0 Å². The van der Waals surface area contributed by atoms with Gasteiger partial charge in [0.25, 0.3) is 0 Å². The van der Waals surface area contributed by atoms with Crippen molar-refractivity contribution in [2.24, 2.45) is 0 Å². The average molecular weight is 432 g/mol. The lowest BCUT2D eigenvalue weighted by atomic mass is 10.0. The van der Waals surface area contributed by atoms with Crippen LogP contribution in [0.3, 0.4) is 0 Å². The van der Waals surface area contributed by atoms with Crippen LogP contribution in [0, 0.1) is 0 Å². The van der Waals surface area contributed by atoms with Crippen molar-refractivity contribution in [1.29, 1.82) is 0 Å². The lowest BCUT2D eigenvalue weighted by Crippen LogP contribution is -2.02. The first kappa shape index (κ1) is 18.3. The van der Waals surface area contributed by atoms with Gasteiger partial charge in [0.15, 0.2) is 5.78 Å². The smallest absolute Gasteiger partial charge is 0.163 e. The number of nitrogens with one attached hydrogen (secondary N) is 1. The molecule has 4 aromatic rings. The summed E-state index contributed by atoms with van der Waals surface area (Å²) >= 11 is 3.46. The van der Waals surface area contributed by atoms with Gasteiger partial charge in [-0.1, -0.05) is 40.2 Å². The molecule has 0 saturated carbocycles. The normalized spacial score (nSPS) is 10.8. The summed E-state index contributed by atoms with van der Waals surface area (Å²) in [5.41, 5.74) is 3.64. The lowest BCUT2D eigenvalue weighted by molar-refractivity contribution is 0.0983.